The Labute approximate surface area is 163 Å². The average molecular weight is 407 g/mol. The average Bonchev–Trinajstić information content (AvgIpc) is 3.05. The van der Waals surface area contributed by atoms with Gasteiger partial charge < -0.3 is 15.0 Å². The highest BCUT2D eigenvalue weighted by Crippen LogP contribution is 2.28. The number of pyridine rings is 1. The number of carbonyl (C=O) groups is 1. The summed E-state index contributed by atoms with van der Waals surface area (Å²) in [6.07, 6.45) is 1.44. The first-order valence-corrected chi connectivity index (χ1v) is 10.5. The van der Waals surface area contributed by atoms with Crippen LogP contribution in [0.3, 0.4) is 0 Å². The van der Waals surface area contributed by atoms with Gasteiger partial charge in [-0.25, -0.2) is 13.2 Å². The fraction of sp³-hybridized carbons (Fsp3) is 0.474. The summed E-state index contributed by atoms with van der Waals surface area (Å²) in [5.41, 5.74) is -0.276. The van der Waals surface area contributed by atoms with E-state index < -0.39 is 21.7 Å². The Bertz CT molecular complexity index is 1070. The lowest BCUT2D eigenvalue weighted by Crippen LogP contribution is -2.41. The van der Waals surface area contributed by atoms with Crippen molar-refractivity contribution < 1.29 is 17.9 Å². The lowest BCUT2D eigenvalue weighted by atomic mass is 10.1. The van der Waals surface area contributed by atoms with Crippen LogP contribution in [0.15, 0.2) is 34.1 Å². The number of carbonyl (C=O) groups excluding carboxylic acids is 1. The second kappa shape index (κ2) is 7.21. The zero-order chi connectivity index (χ0) is 20.7. The van der Waals surface area contributed by atoms with Gasteiger partial charge in [0.25, 0.3) is 5.56 Å². The normalized spacial score (nSPS) is 18.4. The number of fused-ring (bicyclic) bond motifs is 1. The van der Waals surface area contributed by atoms with Gasteiger partial charge in [-0.15, -0.1) is 0 Å². The van der Waals surface area contributed by atoms with E-state index >= 15 is 0 Å². The monoisotopic (exact) mass is 407 g/mol. The lowest BCUT2D eigenvalue weighted by molar-refractivity contribution is 0.0507. The molecule has 1 aliphatic rings. The highest BCUT2D eigenvalue weighted by atomic mass is 32.2. The third-order valence-electron chi connectivity index (χ3n) is 4.57. The zero-order valence-electron chi connectivity index (χ0n) is 16.4. The van der Waals surface area contributed by atoms with Crippen LogP contribution in [-0.4, -0.2) is 48.5 Å². The molecular formula is C19H25N3O5S. The Morgan fingerprint density at radius 1 is 1.32 bits per heavy atom. The van der Waals surface area contributed by atoms with E-state index in [0.717, 1.165) is 0 Å². The van der Waals surface area contributed by atoms with Crippen LogP contribution < -0.4 is 10.9 Å². The molecule has 28 heavy (non-hydrogen) atoms. The number of sulfonamides is 1. The largest absolute Gasteiger partial charge is 0.444 e. The predicted molar refractivity (Wildman–Crippen MR) is 106 cm³/mol. The number of nitrogens with one attached hydrogen (secondary N) is 2. The van der Waals surface area contributed by atoms with Gasteiger partial charge in [-0.2, -0.15) is 4.31 Å². The van der Waals surface area contributed by atoms with Gasteiger partial charge in [-0.3, -0.25) is 4.79 Å². The summed E-state index contributed by atoms with van der Waals surface area (Å²) in [6.45, 7) is 7.49. The molecule has 1 saturated heterocycles. The molecule has 0 saturated carbocycles. The van der Waals surface area contributed by atoms with Crippen LogP contribution in [0.2, 0.25) is 0 Å². The van der Waals surface area contributed by atoms with Crippen LogP contribution in [-0.2, 0) is 14.8 Å². The van der Waals surface area contributed by atoms with Crippen molar-refractivity contribution in [3.63, 3.8) is 0 Å². The van der Waals surface area contributed by atoms with Crippen LogP contribution in [0.1, 0.15) is 32.8 Å². The summed E-state index contributed by atoms with van der Waals surface area (Å²) in [6, 6.07) is 4.36. The van der Waals surface area contributed by atoms with Crippen molar-refractivity contribution in [2.24, 2.45) is 0 Å². The first-order chi connectivity index (χ1) is 13.0. The molecule has 1 aromatic heterocycles. The number of hydrogen-bond donors (Lipinski definition) is 2. The minimum absolute atomic E-state index is 0.103. The van der Waals surface area contributed by atoms with Gasteiger partial charge in [-0.1, -0.05) is 6.07 Å². The maximum atomic E-state index is 13.2. The second-order valence-electron chi connectivity index (χ2n) is 7.97. The summed E-state index contributed by atoms with van der Waals surface area (Å²) < 4.78 is 33.1. The van der Waals surface area contributed by atoms with Gasteiger partial charge in [0.15, 0.2) is 0 Å². The van der Waals surface area contributed by atoms with Crippen molar-refractivity contribution in [1.29, 1.82) is 0 Å². The number of aryl methyl sites for hydroxylation is 1. The van der Waals surface area contributed by atoms with Gasteiger partial charge in [0.1, 0.15) is 5.60 Å². The van der Waals surface area contributed by atoms with Gasteiger partial charge in [0.05, 0.1) is 4.90 Å². The van der Waals surface area contributed by atoms with Crippen molar-refractivity contribution in [3.05, 3.63) is 40.3 Å². The molecule has 1 amide bonds. The zero-order valence-corrected chi connectivity index (χ0v) is 17.2. The molecule has 0 radical (unpaired) electrons. The third kappa shape index (κ3) is 4.05. The molecule has 2 N–H and O–H groups in total. The van der Waals surface area contributed by atoms with Crippen LogP contribution in [0.4, 0.5) is 4.79 Å². The number of aromatic amines is 1. The molecule has 2 aromatic rings. The maximum Gasteiger partial charge on any atom is 0.407 e. The standard InChI is InChI=1S/C19H25N3O5S/c1-12-10-20-17(23)14-6-5-7-15(16(12)14)28(25,26)22-9-8-13(11-22)21-18(24)27-19(2,3)4/h5-7,10,13H,8-9,11H2,1-4H3,(H,20,23)(H,21,24). The van der Waals surface area contributed by atoms with Gasteiger partial charge in [0.2, 0.25) is 10.0 Å². The van der Waals surface area contributed by atoms with E-state index in [2.05, 4.69) is 10.3 Å². The molecule has 9 heteroatoms. The molecule has 1 atom stereocenters. The Morgan fingerprint density at radius 2 is 2.04 bits per heavy atom. The fourth-order valence-electron chi connectivity index (χ4n) is 3.34. The first-order valence-electron chi connectivity index (χ1n) is 9.10. The van der Waals surface area contributed by atoms with E-state index in [9.17, 15) is 18.0 Å². The van der Waals surface area contributed by atoms with Crippen molar-refractivity contribution in [2.45, 2.75) is 50.7 Å². The quantitative estimate of drug-likeness (QED) is 0.810. The van der Waals surface area contributed by atoms with Crippen LogP contribution >= 0.6 is 0 Å². The molecule has 1 aromatic carbocycles. The Kier molecular flexibility index (Phi) is 5.24. The molecule has 8 nitrogen and oxygen atoms in total. The summed E-state index contributed by atoms with van der Waals surface area (Å²) in [5, 5.41) is 3.49. The van der Waals surface area contributed by atoms with E-state index in [1.807, 2.05) is 0 Å². The van der Waals surface area contributed by atoms with E-state index in [-0.39, 0.29) is 29.6 Å². The van der Waals surface area contributed by atoms with Crippen LogP contribution in [0.25, 0.3) is 10.8 Å². The minimum Gasteiger partial charge on any atom is -0.444 e. The van der Waals surface area contributed by atoms with E-state index in [0.29, 0.717) is 22.8 Å². The summed E-state index contributed by atoms with van der Waals surface area (Å²) in [4.78, 5) is 26.8. The van der Waals surface area contributed by atoms with E-state index in [1.54, 1.807) is 39.8 Å². The molecule has 1 fully saturated rings. The Hall–Kier alpha value is -2.39. The summed E-state index contributed by atoms with van der Waals surface area (Å²) >= 11 is 0. The smallest absolute Gasteiger partial charge is 0.407 e. The van der Waals surface area contributed by atoms with E-state index in [4.69, 9.17) is 4.74 Å². The number of ether oxygens (including phenoxy) is 1. The summed E-state index contributed by atoms with van der Waals surface area (Å²) in [7, 11) is -3.82. The SMILES string of the molecule is Cc1c[nH]c(=O)c2cccc(S(=O)(=O)N3CCC(NC(=O)OC(C)(C)C)C3)c12. The number of alkyl carbamates (subject to hydrolysis) is 1. The molecule has 0 bridgehead atoms. The number of nitrogens with zero attached hydrogens (tertiary/aromatic N) is 1. The maximum absolute atomic E-state index is 13.2. The Balaban J connectivity index is 1.86. The van der Waals surface area contributed by atoms with Crippen molar-refractivity contribution in [1.82, 2.24) is 14.6 Å². The minimum atomic E-state index is -3.82. The fourth-order valence-corrected chi connectivity index (χ4v) is 5.12. The number of H-pyrrole nitrogens is 1. The topological polar surface area (TPSA) is 109 Å². The van der Waals surface area contributed by atoms with Crippen LogP contribution in [0.5, 0.6) is 0 Å². The molecule has 1 unspecified atom stereocenters. The molecule has 3 rings (SSSR count). The lowest BCUT2D eigenvalue weighted by Gasteiger charge is -2.22. The van der Waals surface area contributed by atoms with Crippen LogP contribution in [0, 0.1) is 6.92 Å². The molecule has 0 spiro atoms. The number of aromatic nitrogens is 1. The number of benzene rings is 1. The van der Waals surface area contributed by atoms with Gasteiger partial charge in [0, 0.05) is 36.1 Å². The van der Waals surface area contributed by atoms with Gasteiger partial charge >= 0.3 is 6.09 Å². The van der Waals surface area contributed by atoms with Crippen molar-refractivity contribution in [3.8, 4) is 0 Å². The first kappa shape index (κ1) is 20.3. The molecule has 2 heterocycles. The Morgan fingerprint density at radius 3 is 2.71 bits per heavy atom. The molecule has 0 aliphatic carbocycles. The highest BCUT2D eigenvalue weighted by molar-refractivity contribution is 7.89. The molecule has 152 valence electrons. The third-order valence-corrected chi connectivity index (χ3v) is 6.48. The molecular weight excluding hydrogens is 382 g/mol. The number of amides is 1. The molecule has 1 aliphatic heterocycles. The number of hydrogen-bond acceptors (Lipinski definition) is 5. The van der Waals surface area contributed by atoms with E-state index in [1.165, 1.54) is 16.6 Å². The second-order valence-corrected chi connectivity index (χ2v) is 9.88. The van der Waals surface area contributed by atoms with Crippen molar-refractivity contribution >= 4 is 26.9 Å². The number of rotatable bonds is 3. The predicted octanol–water partition coefficient (Wildman–Crippen LogP) is 2.12. The summed E-state index contributed by atoms with van der Waals surface area (Å²) in [5.74, 6) is 0. The van der Waals surface area contributed by atoms with Crippen molar-refractivity contribution in [2.75, 3.05) is 13.1 Å². The highest BCUT2D eigenvalue weighted by Gasteiger charge is 2.35. The van der Waals surface area contributed by atoms with Gasteiger partial charge in [-0.05, 0) is 51.8 Å².